The van der Waals surface area contributed by atoms with Gasteiger partial charge in [0.05, 0.1) is 33.8 Å². The number of aromatic nitrogens is 4. The van der Waals surface area contributed by atoms with Crippen LogP contribution >= 0.6 is 11.6 Å². The maximum absolute atomic E-state index is 15.4. The molecule has 0 amide bonds. The minimum absolute atomic E-state index is 0.0462. The summed E-state index contributed by atoms with van der Waals surface area (Å²) in [7, 11) is 0. The molecule has 0 saturated carbocycles. The van der Waals surface area contributed by atoms with Crippen molar-refractivity contribution in [2.75, 3.05) is 0 Å². The zero-order valence-electron chi connectivity index (χ0n) is 16.8. The van der Waals surface area contributed by atoms with E-state index in [9.17, 15) is 0 Å². The van der Waals surface area contributed by atoms with Gasteiger partial charge in [-0.25, -0.2) is 14.4 Å². The number of nitrogens with one attached hydrogen (secondary N) is 1. The zero-order chi connectivity index (χ0) is 21.7. The summed E-state index contributed by atoms with van der Waals surface area (Å²) < 4.78 is 17.2. The fourth-order valence-electron chi connectivity index (χ4n) is 3.97. The summed E-state index contributed by atoms with van der Waals surface area (Å²) >= 11 is 6.51. The van der Waals surface area contributed by atoms with E-state index in [1.54, 1.807) is 16.7 Å². The average Bonchev–Trinajstić information content (AvgIpc) is 3.57. The average molecular weight is 439 g/mol. The van der Waals surface area contributed by atoms with Crippen molar-refractivity contribution in [1.82, 2.24) is 19.5 Å². The van der Waals surface area contributed by atoms with Crippen molar-refractivity contribution >= 4 is 58.0 Å². The Morgan fingerprint density at radius 2 is 1.22 bits per heavy atom. The molecule has 3 aromatic heterocycles. The van der Waals surface area contributed by atoms with Gasteiger partial charge in [-0.2, -0.15) is 0 Å². The van der Waals surface area contributed by atoms with Gasteiger partial charge in [-0.1, -0.05) is 29.8 Å². The smallest absolute Gasteiger partial charge is 0.167 e. The first-order chi connectivity index (χ1) is 15.6. The monoisotopic (exact) mass is 438 g/mol. The molecule has 4 nitrogen and oxygen atoms in total. The normalized spacial score (nSPS) is 12.4. The van der Waals surface area contributed by atoms with E-state index >= 15 is 4.39 Å². The van der Waals surface area contributed by atoms with Gasteiger partial charge in [0.25, 0.3) is 0 Å². The first-order valence-electron chi connectivity index (χ1n) is 10.1. The molecule has 6 heteroatoms. The van der Waals surface area contributed by atoms with Crippen molar-refractivity contribution < 1.29 is 4.39 Å². The van der Waals surface area contributed by atoms with Crippen LogP contribution in [-0.4, -0.2) is 19.5 Å². The zero-order valence-corrected chi connectivity index (χ0v) is 17.5. The lowest BCUT2D eigenvalue weighted by Gasteiger charge is -2.06. The molecular formula is C26H16ClFN4. The van der Waals surface area contributed by atoms with Crippen LogP contribution in [0, 0.1) is 5.82 Å². The Hall–Kier alpha value is -3.96. The minimum Gasteiger partial charge on any atom is -0.355 e. The van der Waals surface area contributed by atoms with Crippen LogP contribution in [0.4, 0.5) is 4.39 Å². The molecule has 0 spiro atoms. The number of hydrogen-bond donors (Lipinski definition) is 1. The quantitative estimate of drug-likeness (QED) is 0.303. The van der Waals surface area contributed by atoms with Crippen molar-refractivity contribution in [3.05, 3.63) is 100 Å². The van der Waals surface area contributed by atoms with Gasteiger partial charge in [-0.15, -0.1) is 0 Å². The molecule has 32 heavy (non-hydrogen) atoms. The van der Waals surface area contributed by atoms with Crippen molar-refractivity contribution in [2.24, 2.45) is 0 Å². The fraction of sp³-hybridized carbons (Fsp3) is 0. The fourth-order valence-corrected chi connectivity index (χ4v) is 4.20. The van der Waals surface area contributed by atoms with Crippen LogP contribution in [0.25, 0.3) is 52.1 Å². The van der Waals surface area contributed by atoms with Crippen molar-refractivity contribution in [2.45, 2.75) is 0 Å². The van der Waals surface area contributed by atoms with Crippen LogP contribution in [0.2, 0.25) is 5.02 Å². The van der Waals surface area contributed by atoms with Gasteiger partial charge in [0.1, 0.15) is 5.02 Å². The standard InChI is InChI=1S/C26H16ClFN4/c27-25-23-14-20-10-8-18(30-20)12-16-6-7-17(29-16)13-19-9-11-21(31-19)15-24(26(25)28)32(23)22-4-2-1-3-5-22/h1-15,29H. The molecule has 0 saturated heterocycles. The first-order valence-corrected chi connectivity index (χ1v) is 10.5. The molecule has 6 rings (SSSR count). The third kappa shape index (κ3) is 3.24. The van der Waals surface area contributed by atoms with Crippen LogP contribution in [0.3, 0.4) is 0 Å². The second kappa shape index (κ2) is 7.32. The lowest BCUT2D eigenvalue weighted by molar-refractivity contribution is 0.640. The summed E-state index contributed by atoms with van der Waals surface area (Å²) in [5.74, 6) is -0.494. The second-order valence-corrected chi connectivity index (χ2v) is 7.98. The number of H-pyrrole nitrogens is 1. The van der Waals surface area contributed by atoms with E-state index in [0.29, 0.717) is 22.4 Å². The molecule has 0 aliphatic carbocycles. The number of nitrogens with zero attached hydrogens (tertiary/aromatic N) is 3. The van der Waals surface area contributed by atoms with Gasteiger partial charge in [-0.3, -0.25) is 0 Å². The summed E-state index contributed by atoms with van der Waals surface area (Å²) in [6, 6.07) is 21.0. The lowest BCUT2D eigenvalue weighted by atomic mass is 10.3. The van der Waals surface area contributed by atoms with E-state index < -0.39 is 5.82 Å². The number of aromatic amines is 1. The third-order valence-corrected chi connectivity index (χ3v) is 5.77. The Kier molecular flexibility index (Phi) is 4.30. The molecule has 8 bridgehead atoms. The highest BCUT2D eigenvalue weighted by molar-refractivity contribution is 6.35. The predicted octanol–water partition coefficient (Wildman–Crippen LogP) is 6.91. The summed E-state index contributed by atoms with van der Waals surface area (Å²) in [5, 5.41) is 0.0462. The van der Waals surface area contributed by atoms with Crippen LogP contribution in [0.1, 0.15) is 22.8 Å². The number of fused-ring (bicyclic) bond motifs is 8. The van der Waals surface area contributed by atoms with Gasteiger partial charge in [0, 0.05) is 16.7 Å². The number of benzene rings is 1. The van der Waals surface area contributed by atoms with E-state index in [-0.39, 0.29) is 5.02 Å². The maximum Gasteiger partial charge on any atom is 0.167 e. The van der Waals surface area contributed by atoms with Gasteiger partial charge in [-0.05, 0) is 72.8 Å². The van der Waals surface area contributed by atoms with Gasteiger partial charge < -0.3 is 9.55 Å². The molecule has 0 unspecified atom stereocenters. The number of para-hydroxylation sites is 1. The minimum atomic E-state index is -0.494. The van der Waals surface area contributed by atoms with Crippen LogP contribution in [0.5, 0.6) is 0 Å². The molecule has 5 heterocycles. The van der Waals surface area contributed by atoms with Crippen molar-refractivity contribution in [3.63, 3.8) is 0 Å². The highest BCUT2D eigenvalue weighted by atomic mass is 35.5. The van der Waals surface area contributed by atoms with E-state index in [0.717, 1.165) is 28.1 Å². The molecule has 2 aliphatic rings. The summed E-state index contributed by atoms with van der Waals surface area (Å²) in [6.07, 6.45) is 7.58. The molecule has 154 valence electrons. The largest absolute Gasteiger partial charge is 0.355 e. The highest BCUT2D eigenvalue weighted by Crippen LogP contribution is 2.32. The first kappa shape index (κ1) is 18.8. The summed E-state index contributed by atoms with van der Waals surface area (Å²) in [5.41, 5.74) is 6.44. The van der Waals surface area contributed by atoms with Gasteiger partial charge in [0.15, 0.2) is 5.82 Å². The highest BCUT2D eigenvalue weighted by Gasteiger charge is 2.17. The van der Waals surface area contributed by atoms with Gasteiger partial charge in [0.2, 0.25) is 0 Å². The Morgan fingerprint density at radius 3 is 1.81 bits per heavy atom. The summed E-state index contributed by atoms with van der Waals surface area (Å²) in [4.78, 5) is 12.6. The topological polar surface area (TPSA) is 46.5 Å². The number of rotatable bonds is 1. The van der Waals surface area contributed by atoms with Gasteiger partial charge >= 0.3 is 0 Å². The molecule has 2 aliphatic heterocycles. The number of hydrogen-bond acceptors (Lipinski definition) is 2. The molecule has 1 aromatic carbocycles. The van der Waals surface area contributed by atoms with E-state index in [1.807, 2.05) is 78.9 Å². The molecule has 0 radical (unpaired) electrons. The Balaban J connectivity index is 1.79. The van der Waals surface area contributed by atoms with Crippen molar-refractivity contribution in [3.8, 4) is 5.69 Å². The van der Waals surface area contributed by atoms with Crippen LogP contribution in [-0.2, 0) is 0 Å². The molecule has 4 aromatic rings. The Morgan fingerprint density at radius 1 is 0.688 bits per heavy atom. The van der Waals surface area contributed by atoms with Crippen LogP contribution < -0.4 is 0 Å². The van der Waals surface area contributed by atoms with E-state index in [1.165, 1.54) is 0 Å². The Bertz CT molecular complexity index is 1500. The van der Waals surface area contributed by atoms with Crippen molar-refractivity contribution in [1.29, 1.82) is 0 Å². The predicted molar refractivity (Wildman–Crippen MR) is 129 cm³/mol. The summed E-state index contributed by atoms with van der Waals surface area (Å²) in [6.45, 7) is 0. The third-order valence-electron chi connectivity index (χ3n) is 5.41. The maximum atomic E-state index is 15.4. The number of halogens is 2. The molecule has 0 fully saturated rings. The van der Waals surface area contributed by atoms with Crippen LogP contribution in [0.15, 0.2) is 66.7 Å². The molecule has 0 atom stereocenters. The van der Waals surface area contributed by atoms with E-state index in [4.69, 9.17) is 11.6 Å². The lowest BCUT2D eigenvalue weighted by Crippen LogP contribution is -1.93. The second-order valence-electron chi connectivity index (χ2n) is 7.61. The van der Waals surface area contributed by atoms with E-state index in [2.05, 4.69) is 15.0 Å². The molecular weight excluding hydrogens is 423 g/mol. The Labute approximate surface area is 188 Å². The molecule has 1 N–H and O–H groups in total. The SMILES string of the molecule is Fc1c(Cl)c2cc3nc(cc4ccc(cc5nc(cc1n2-c1ccccc1)C=C5)[nH]4)C=C3.